The number of fused-ring (bicyclic) bond motifs is 2. The van der Waals surface area contributed by atoms with Crippen LogP contribution in [0.4, 0.5) is 0 Å². The number of pyridine rings is 4. The number of H-pyrrole nitrogens is 1. The van der Waals surface area contributed by atoms with Crippen molar-refractivity contribution in [3.63, 3.8) is 0 Å². The molecule has 0 aliphatic heterocycles. The highest BCUT2D eigenvalue weighted by Crippen LogP contribution is 2.19. The van der Waals surface area contributed by atoms with Crippen LogP contribution in [-0.2, 0) is 6.54 Å². The highest BCUT2D eigenvalue weighted by molar-refractivity contribution is 5.77. The number of aromatic amines is 1. The molecule has 4 rings (SSSR count). The molecule has 4 aromatic heterocycles. The van der Waals surface area contributed by atoms with Crippen LogP contribution in [0.25, 0.3) is 21.9 Å². The Morgan fingerprint density at radius 1 is 0.893 bits per heavy atom. The zero-order valence-electron chi connectivity index (χ0n) is 16.1. The quantitative estimate of drug-likeness (QED) is 0.592. The summed E-state index contributed by atoms with van der Waals surface area (Å²) in [5.74, 6) is 0.357. The first kappa shape index (κ1) is 18.1. The lowest BCUT2D eigenvalue weighted by molar-refractivity contribution is 0.574. The maximum atomic E-state index is 12.9. The summed E-state index contributed by atoms with van der Waals surface area (Å²) < 4.78 is 1.71. The van der Waals surface area contributed by atoms with Gasteiger partial charge in [0.05, 0.1) is 21.9 Å². The van der Waals surface area contributed by atoms with Crippen LogP contribution in [0.1, 0.15) is 44.0 Å². The summed E-state index contributed by atoms with van der Waals surface area (Å²) in [6, 6.07) is 12.6. The second-order valence-corrected chi connectivity index (χ2v) is 7.49. The highest BCUT2D eigenvalue weighted by atomic mass is 16.1. The molecule has 0 saturated heterocycles. The average Bonchev–Trinajstić information content (AvgIpc) is 2.69. The topological polar surface area (TPSA) is 80.6 Å². The normalized spacial score (nSPS) is 12.7. The summed E-state index contributed by atoms with van der Waals surface area (Å²) in [6.07, 6.45) is 1.80. The van der Waals surface area contributed by atoms with E-state index in [4.69, 9.17) is 0 Å². The Morgan fingerprint density at radius 3 is 2.43 bits per heavy atom. The van der Waals surface area contributed by atoms with E-state index in [0.29, 0.717) is 23.4 Å². The molecule has 0 aliphatic rings. The summed E-state index contributed by atoms with van der Waals surface area (Å²) in [6.45, 7) is 6.73. The Labute approximate surface area is 161 Å². The number of nitrogens with one attached hydrogen (secondary N) is 1. The SMILES string of the molecule is CC(C)c1ccc2c(=O)n(CC(C)c3ccc4[nH]c(=O)ccc4n3)ccc2n1. The molecule has 6 heteroatoms. The Bertz CT molecular complexity index is 1290. The van der Waals surface area contributed by atoms with Crippen molar-refractivity contribution >= 4 is 21.9 Å². The molecule has 4 aromatic rings. The van der Waals surface area contributed by atoms with Crippen molar-refractivity contribution in [3.8, 4) is 0 Å². The van der Waals surface area contributed by atoms with E-state index in [2.05, 4.69) is 28.8 Å². The minimum absolute atomic E-state index is 0.0365. The first-order chi connectivity index (χ1) is 13.4. The summed E-state index contributed by atoms with van der Waals surface area (Å²) in [4.78, 5) is 36.3. The number of hydrogen-bond donors (Lipinski definition) is 1. The fraction of sp³-hybridized carbons (Fsp3) is 0.273. The van der Waals surface area contributed by atoms with E-state index < -0.39 is 0 Å². The first-order valence-corrected chi connectivity index (χ1v) is 9.42. The Morgan fingerprint density at radius 2 is 1.64 bits per heavy atom. The molecule has 0 bridgehead atoms. The van der Waals surface area contributed by atoms with Gasteiger partial charge in [0.15, 0.2) is 0 Å². The van der Waals surface area contributed by atoms with Crippen molar-refractivity contribution in [3.05, 3.63) is 80.8 Å². The monoisotopic (exact) mass is 374 g/mol. The molecule has 0 amide bonds. The average molecular weight is 374 g/mol. The molecule has 1 unspecified atom stereocenters. The maximum absolute atomic E-state index is 12.9. The second kappa shape index (κ2) is 7.03. The molecule has 0 aromatic carbocycles. The van der Waals surface area contributed by atoms with Gasteiger partial charge in [0.25, 0.3) is 5.56 Å². The minimum Gasteiger partial charge on any atom is -0.321 e. The second-order valence-electron chi connectivity index (χ2n) is 7.49. The molecule has 0 fully saturated rings. The lowest BCUT2D eigenvalue weighted by Gasteiger charge is -2.14. The van der Waals surface area contributed by atoms with Crippen LogP contribution in [0.2, 0.25) is 0 Å². The Hall–Kier alpha value is -3.28. The standard InChI is InChI=1S/C22H22N4O2/c1-13(2)16-5-4-15-18(23-16)10-11-26(22(15)28)12-14(3)17-6-7-20-19(24-17)8-9-21(27)25-20/h4-11,13-14H,12H2,1-3H3,(H,25,27). The van der Waals surface area contributed by atoms with E-state index in [1.165, 1.54) is 6.07 Å². The van der Waals surface area contributed by atoms with E-state index in [1.807, 2.05) is 37.3 Å². The largest absolute Gasteiger partial charge is 0.321 e. The summed E-state index contributed by atoms with van der Waals surface area (Å²) >= 11 is 0. The molecule has 6 nitrogen and oxygen atoms in total. The van der Waals surface area contributed by atoms with Gasteiger partial charge >= 0.3 is 0 Å². The van der Waals surface area contributed by atoms with E-state index >= 15 is 0 Å². The lowest BCUT2D eigenvalue weighted by atomic mass is 10.1. The molecule has 0 spiro atoms. The van der Waals surface area contributed by atoms with Crippen LogP contribution in [0.5, 0.6) is 0 Å². The van der Waals surface area contributed by atoms with Crippen molar-refractivity contribution in [2.75, 3.05) is 0 Å². The van der Waals surface area contributed by atoms with Crippen LogP contribution in [0.15, 0.2) is 58.3 Å². The smallest absolute Gasteiger partial charge is 0.260 e. The van der Waals surface area contributed by atoms with Crippen LogP contribution in [0, 0.1) is 0 Å². The highest BCUT2D eigenvalue weighted by Gasteiger charge is 2.12. The summed E-state index contributed by atoms with van der Waals surface area (Å²) in [5.41, 5.74) is 3.84. The molecule has 142 valence electrons. The van der Waals surface area contributed by atoms with Gasteiger partial charge in [-0.2, -0.15) is 0 Å². The van der Waals surface area contributed by atoms with Gasteiger partial charge in [0.2, 0.25) is 5.56 Å². The molecule has 4 heterocycles. The molecular weight excluding hydrogens is 352 g/mol. The molecule has 0 saturated carbocycles. The number of nitrogens with zero attached hydrogens (tertiary/aromatic N) is 3. The molecule has 1 N–H and O–H groups in total. The van der Waals surface area contributed by atoms with Crippen LogP contribution in [-0.4, -0.2) is 19.5 Å². The molecule has 1 atom stereocenters. The zero-order valence-corrected chi connectivity index (χ0v) is 16.1. The van der Waals surface area contributed by atoms with E-state index in [9.17, 15) is 9.59 Å². The van der Waals surface area contributed by atoms with Gasteiger partial charge in [0.1, 0.15) is 0 Å². The number of hydrogen-bond acceptors (Lipinski definition) is 4. The zero-order chi connectivity index (χ0) is 19.8. The van der Waals surface area contributed by atoms with Gasteiger partial charge in [-0.05, 0) is 42.3 Å². The first-order valence-electron chi connectivity index (χ1n) is 9.42. The maximum Gasteiger partial charge on any atom is 0.260 e. The third-order valence-electron chi connectivity index (χ3n) is 5.01. The van der Waals surface area contributed by atoms with Crippen LogP contribution < -0.4 is 11.1 Å². The van der Waals surface area contributed by atoms with Crippen molar-refractivity contribution in [2.24, 2.45) is 0 Å². The van der Waals surface area contributed by atoms with Crippen LogP contribution in [0.3, 0.4) is 0 Å². The van der Waals surface area contributed by atoms with Gasteiger partial charge in [-0.1, -0.05) is 20.8 Å². The third-order valence-corrected chi connectivity index (χ3v) is 5.01. The number of aromatic nitrogens is 4. The van der Waals surface area contributed by atoms with Gasteiger partial charge in [-0.15, -0.1) is 0 Å². The van der Waals surface area contributed by atoms with Gasteiger partial charge in [0, 0.05) is 36.1 Å². The Kier molecular flexibility index (Phi) is 4.55. The third kappa shape index (κ3) is 3.33. The van der Waals surface area contributed by atoms with Gasteiger partial charge in [-0.3, -0.25) is 19.6 Å². The van der Waals surface area contributed by atoms with E-state index in [0.717, 1.165) is 22.4 Å². The van der Waals surface area contributed by atoms with Crippen LogP contribution >= 0.6 is 0 Å². The predicted molar refractivity (Wildman–Crippen MR) is 111 cm³/mol. The van der Waals surface area contributed by atoms with Crippen molar-refractivity contribution < 1.29 is 0 Å². The minimum atomic E-state index is -0.146. The van der Waals surface area contributed by atoms with Gasteiger partial charge < -0.3 is 9.55 Å². The van der Waals surface area contributed by atoms with Gasteiger partial charge in [-0.25, -0.2) is 0 Å². The summed E-state index contributed by atoms with van der Waals surface area (Å²) in [5, 5.41) is 0.628. The lowest BCUT2D eigenvalue weighted by Crippen LogP contribution is -2.22. The van der Waals surface area contributed by atoms with E-state index in [1.54, 1.807) is 16.8 Å². The number of rotatable bonds is 4. The van der Waals surface area contributed by atoms with Crippen molar-refractivity contribution in [1.29, 1.82) is 0 Å². The van der Waals surface area contributed by atoms with Crippen molar-refractivity contribution in [2.45, 2.75) is 39.2 Å². The molecule has 28 heavy (non-hydrogen) atoms. The fourth-order valence-corrected chi connectivity index (χ4v) is 3.36. The summed E-state index contributed by atoms with van der Waals surface area (Å²) in [7, 11) is 0. The Balaban J connectivity index is 1.66. The van der Waals surface area contributed by atoms with Crippen molar-refractivity contribution in [1.82, 2.24) is 19.5 Å². The fourth-order valence-electron chi connectivity index (χ4n) is 3.36. The molecule has 0 radical (unpaired) electrons. The molecular formula is C22H22N4O2. The predicted octanol–water partition coefficient (Wildman–Crippen LogP) is 3.56. The molecule has 0 aliphatic carbocycles. The van der Waals surface area contributed by atoms with E-state index in [-0.39, 0.29) is 17.0 Å².